The number of benzene rings is 2. The first-order chi connectivity index (χ1) is 12.4. The Morgan fingerprint density at radius 2 is 1.54 bits per heavy atom. The minimum absolute atomic E-state index is 0.442. The van der Waals surface area contributed by atoms with Crippen LogP contribution in [0.3, 0.4) is 0 Å². The summed E-state index contributed by atoms with van der Waals surface area (Å²) in [6, 6.07) is 5.38. The van der Waals surface area contributed by atoms with Gasteiger partial charge in [0.15, 0.2) is 29.9 Å². The summed E-state index contributed by atoms with van der Waals surface area (Å²) in [7, 11) is 0. The van der Waals surface area contributed by atoms with Gasteiger partial charge in [0, 0.05) is 0 Å². The zero-order chi connectivity index (χ0) is 18.8. The van der Waals surface area contributed by atoms with E-state index in [0.29, 0.717) is 5.75 Å². The van der Waals surface area contributed by atoms with Crippen molar-refractivity contribution in [2.24, 2.45) is 0 Å². The van der Waals surface area contributed by atoms with E-state index in [1.165, 1.54) is 5.56 Å². The van der Waals surface area contributed by atoms with Crippen molar-refractivity contribution in [3.8, 4) is 5.75 Å². The van der Waals surface area contributed by atoms with Crippen LogP contribution in [-0.4, -0.2) is 12.5 Å². The standard InChI is InChI=1S/C17H13F5N2O2/c18-12-13(19)15(21)17(16(22)14(12)20)24-23-11(25)7-26-10-5-4-8-2-1-3-9(8)6-10/h4-6,24H,1-3,7H2,(H,23,25). The number of hydrogen-bond donors (Lipinski definition) is 2. The molecule has 4 nitrogen and oxygen atoms in total. The number of halogens is 5. The Labute approximate surface area is 144 Å². The third-order valence-corrected chi connectivity index (χ3v) is 3.98. The second-order valence-electron chi connectivity index (χ2n) is 5.69. The lowest BCUT2D eigenvalue weighted by Gasteiger charge is -2.12. The van der Waals surface area contributed by atoms with Crippen LogP contribution in [0.4, 0.5) is 27.6 Å². The molecule has 9 heteroatoms. The first kappa shape index (κ1) is 18.0. The number of fused-ring (bicyclic) bond motifs is 1. The maximum absolute atomic E-state index is 13.5. The summed E-state index contributed by atoms with van der Waals surface area (Å²) >= 11 is 0. The number of ether oxygens (including phenoxy) is 1. The number of nitrogens with one attached hydrogen (secondary N) is 2. The lowest BCUT2D eigenvalue weighted by atomic mass is 10.1. The van der Waals surface area contributed by atoms with Crippen LogP contribution in [-0.2, 0) is 17.6 Å². The molecule has 2 aromatic carbocycles. The number of carbonyl (C=O) groups excluding carboxylic acids is 1. The molecule has 0 spiro atoms. The van der Waals surface area contributed by atoms with E-state index >= 15 is 0 Å². The predicted molar refractivity (Wildman–Crippen MR) is 82.0 cm³/mol. The highest BCUT2D eigenvalue weighted by Gasteiger charge is 2.26. The monoisotopic (exact) mass is 372 g/mol. The van der Waals surface area contributed by atoms with Gasteiger partial charge in [-0.3, -0.25) is 15.6 Å². The van der Waals surface area contributed by atoms with Gasteiger partial charge in [0.2, 0.25) is 5.82 Å². The second-order valence-corrected chi connectivity index (χ2v) is 5.69. The highest BCUT2D eigenvalue weighted by molar-refractivity contribution is 5.79. The quantitative estimate of drug-likeness (QED) is 0.366. The van der Waals surface area contributed by atoms with Crippen LogP contribution in [0.2, 0.25) is 0 Å². The van der Waals surface area contributed by atoms with Crippen molar-refractivity contribution in [1.82, 2.24) is 5.43 Å². The van der Waals surface area contributed by atoms with Gasteiger partial charge in [-0.05, 0) is 42.5 Å². The molecule has 0 atom stereocenters. The van der Waals surface area contributed by atoms with Crippen LogP contribution in [0.15, 0.2) is 18.2 Å². The van der Waals surface area contributed by atoms with Crippen molar-refractivity contribution < 1.29 is 31.5 Å². The van der Waals surface area contributed by atoms with Gasteiger partial charge in [-0.2, -0.15) is 0 Å². The first-order valence-corrected chi connectivity index (χ1v) is 7.69. The zero-order valence-corrected chi connectivity index (χ0v) is 13.3. The molecule has 0 fully saturated rings. The number of carbonyl (C=O) groups is 1. The summed E-state index contributed by atoms with van der Waals surface area (Å²) in [5.41, 5.74) is 4.51. The summed E-state index contributed by atoms with van der Waals surface area (Å²) in [5.74, 6) is -11.1. The lowest BCUT2D eigenvalue weighted by molar-refractivity contribution is -0.122. The van der Waals surface area contributed by atoms with Gasteiger partial charge in [-0.1, -0.05) is 6.07 Å². The van der Waals surface area contributed by atoms with Gasteiger partial charge in [0.1, 0.15) is 11.4 Å². The summed E-state index contributed by atoms with van der Waals surface area (Å²) in [6.07, 6.45) is 2.95. The Morgan fingerprint density at radius 1 is 0.923 bits per heavy atom. The van der Waals surface area contributed by atoms with Crippen LogP contribution in [0.5, 0.6) is 5.75 Å². The number of hydrazine groups is 1. The van der Waals surface area contributed by atoms with E-state index in [-0.39, 0.29) is 0 Å². The Kier molecular flexibility index (Phi) is 4.97. The number of aryl methyl sites for hydroxylation is 2. The van der Waals surface area contributed by atoms with Crippen molar-refractivity contribution in [2.45, 2.75) is 19.3 Å². The van der Waals surface area contributed by atoms with Gasteiger partial charge in [-0.15, -0.1) is 0 Å². The number of rotatable bonds is 5. The third kappa shape index (κ3) is 3.42. The maximum Gasteiger partial charge on any atom is 0.276 e. The fraction of sp³-hybridized carbons (Fsp3) is 0.235. The topological polar surface area (TPSA) is 50.4 Å². The molecule has 0 aromatic heterocycles. The van der Waals surface area contributed by atoms with Crippen LogP contribution in [0.25, 0.3) is 0 Å². The van der Waals surface area contributed by atoms with Gasteiger partial charge in [0.25, 0.3) is 5.91 Å². The van der Waals surface area contributed by atoms with E-state index in [4.69, 9.17) is 4.74 Å². The number of amides is 1. The Bertz CT molecular complexity index is 844. The van der Waals surface area contributed by atoms with E-state index in [0.717, 1.165) is 24.8 Å². The zero-order valence-electron chi connectivity index (χ0n) is 13.3. The van der Waals surface area contributed by atoms with Gasteiger partial charge in [0.05, 0.1) is 0 Å². The minimum Gasteiger partial charge on any atom is -0.484 e. The highest BCUT2D eigenvalue weighted by atomic mass is 19.2. The molecule has 1 aliphatic rings. The maximum atomic E-state index is 13.5. The average Bonchev–Trinajstić information content (AvgIpc) is 3.11. The molecule has 0 saturated heterocycles. The predicted octanol–water partition coefficient (Wildman–Crippen LogP) is 3.39. The van der Waals surface area contributed by atoms with Gasteiger partial charge in [-0.25, -0.2) is 22.0 Å². The largest absolute Gasteiger partial charge is 0.484 e. The van der Waals surface area contributed by atoms with Gasteiger partial charge < -0.3 is 4.74 Å². The molecule has 0 bridgehead atoms. The van der Waals surface area contributed by atoms with Crippen molar-refractivity contribution >= 4 is 11.6 Å². The molecule has 2 N–H and O–H groups in total. The van der Waals surface area contributed by atoms with E-state index < -0.39 is 47.3 Å². The molecule has 1 aliphatic carbocycles. The molecule has 3 rings (SSSR count). The van der Waals surface area contributed by atoms with Crippen molar-refractivity contribution in [1.29, 1.82) is 0 Å². The van der Waals surface area contributed by atoms with Crippen LogP contribution >= 0.6 is 0 Å². The molecule has 0 saturated carbocycles. The summed E-state index contributed by atoms with van der Waals surface area (Å²) in [4.78, 5) is 11.7. The third-order valence-electron chi connectivity index (χ3n) is 3.98. The first-order valence-electron chi connectivity index (χ1n) is 7.69. The fourth-order valence-corrected chi connectivity index (χ4v) is 2.67. The fourth-order valence-electron chi connectivity index (χ4n) is 2.67. The SMILES string of the molecule is O=C(COc1ccc2c(c1)CCC2)NNc1c(F)c(F)c(F)c(F)c1F. The molecule has 0 radical (unpaired) electrons. The van der Waals surface area contributed by atoms with E-state index in [9.17, 15) is 26.7 Å². The highest BCUT2D eigenvalue weighted by Crippen LogP contribution is 2.27. The molecule has 138 valence electrons. The molecule has 0 unspecified atom stereocenters. The van der Waals surface area contributed by atoms with Crippen LogP contribution in [0.1, 0.15) is 17.5 Å². The summed E-state index contributed by atoms with van der Waals surface area (Å²) < 4.78 is 71.3. The number of anilines is 1. The molecule has 2 aromatic rings. The Balaban J connectivity index is 1.60. The number of hydrogen-bond acceptors (Lipinski definition) is 3. The lowest BCUT2D eigenvalue weighted by Crippen LogP contribution is -2.34. The Morgan fingerprint density at radius 3 is 2.23 bits per heavy atom. The van der Waals surface area contributed by atoms with E-state index in [1.807, 2.05) is 11.5 Å². The van der Waals surface area contributed by atoms with Crippen LogP contribution < -0.4 is 15.6 Å². The van der Waals surface area contributed by atoms with Crippen molar-refractivity contribution in [3.05, 3.63) is 58.4 Å². The molecule has 0 heterocycles. The molecule has 1 amide bonds. The smallest absolute Gasteiger partial charge is 0.276 e. The van der Waals surface area contributed by atoms with Crippen molar-refractivity contribution in [2.75, 3.05) is 12.0 Å². The normalized spacial score (nSPS) is 12.7. The molecular formula is C17H13F5N2O2. The minimum atomic E-state index is -2.28. The summed E-state index contributed by atoms with van der Waals surface area (Å²) in [5, 5.41) is 0. The summed E-state index contributed by atoms with van der Waals surface area (Å²) in [6.45, 7) is -0.513. The van der Waals surface area contributed by atoms with E-state index in [2.05, 4.69) is 0 Å². The second kappa shape index (κ2) is 7.19. The molecular weight excluding hydrogens is 359 g/mol. The van der Waals surface area contributed by atoms with Crippen LogP contribution in [0, 0.1) is 29.1 Å². The van der Waals surface area contributed by atoms with Crippen molar-refractivity contribution in [3.63, 3.8) is 0 Å². The Hall–Kier alpha value is -2.84. The van der Waals surface area contributed by atoms with Gasteiger partial charge >= 0.3 is 0 Å². The molecule has 0 aliphatic heterocycles. The van der Waals surface area contributed by atoms with E-state index in [1.54, 1.807) is 17.6 Å². The average molecular weight is 372 g/mol. The molecule has 26 heavy (non-hydrogen) atoms.